The third kappa shape index (κ3) is 5.91. The van der Waals surface area contributed by atoms with Crippen LogP contribution in [-0.2, 0) is 16.0 Å². The van der Waals surface area contributed by atoms with E-state index in [4.69, 9.17) is 0 Å². The molecule has 0 aromatic heterocycles. The van der Waals surface area contributed by atoms with Crippen LogP contribution in [0.15, 0.2) is 42.5 Å². The number of halogens is 1. The zero-order chi connectivity index (χ0) is 20.0. The summed E-state index contributed by atoms with van der Waals surface area (Å²) in [6.07, 6.45) is 0.0326. The number of hydrogen-bond acceptors (Lipinski definition) is 2. The highest BCUT2D eigenvalue weighted by atomic mass is 19.1. The molecule has 0 spiro atoms. The fourth-order valence-corrected chi connectivity index (χ4v) is 2.95. The average Bonchev–Trinajstić information content (AvgIpc) is 2.59. The summed E-state index contributed by atoms with van der Waals surface area (Å²) in [5, 5.41) is 5.55. The average molecular weight is 370 g/mol. The largest absolute Gasteiger partial charge is 0.347 e. The van der Waals surface area contributed by atoms with E-state index in [2.05, 4.69) is 38.3 Å². The molecule has 0 heterocycles. The lowest BCUT2D eigenvalue weighted by atomic mass is 9.92. The van der Waals surface area contributed by atoms with Crippen LogP contribution in [0.4, 0.5) is 10.1 Å². The van der Waals surface area contributed by atoms with Crippen LogP contribution in [0.2, 0.25) is 0 Å². The predicted octanol–water partition coefficient (Wildman–Crippen LogP) is 4.37. The summed E-state index contributed by atoms with van der Waals surface area (Å²) in [4.78, 5) is 24.4. The van der Waals surface area contributed by atoms with Gasteiger partial charge in [0, 0.05) is 5.69 Å². The Morgan fingerprint density at radius 2 is 1.52 bits per heavy atom. The molecule has 0 bridgehead atoms. The molecule has 2 aromatic carbocycles. The van der Waals surface area contributed by atoms with Crippen molar-refractivity contribution in [2.45, 2.75) is 46.0 Å². The Morgan fingerprint density at radius 1 is 0.926 bits per heavy atom. The molecule has 0 atom stereocenters. The number of para-hydroxylation sites is 1. The van der Waals surface area contributed by atoms with Crippen molar-refractivity contribution in [1.29, 1.82) is 0 Å². The van der Waals surface area contributed by atoms with E-state index >= 15 is 0 Å². The summed E-state index contributed by atoms with van der Waals surface area (Å²) in [5.41, 5.74) is 3.54. The molecule has 0 saturated heterocycles. The number of anilines is 1. The van der Waals surface area contributed by atoms with E-state index in [-0.39, 0.29) is 42.4 Å². The molecule has 2 rings (SSSR count). The van der Waals surface area contributed by atoms with Crippen molar-refractivity contribution in [3.8, 4) is 0 Å². The summed E-state index contributed by atoms with van der Waals surface area (Å²) in [6, 6.07) is 11.9. The molecule has 0 aliphatic carbocycles. The minimum Gasteiger partial charge on any atom is -0.347 e. The van der Waals surface area contributed by atoms with Crippen molar-refractivity contribution in [1.82, 2.24) is 5.32 Å². The first-order valence-corrected chi connectivity index (χ1v) is 9.21. The number of carbonyl (C=O) groups excluding carboxylic acids is 2. The van der Waals surface area contributed by atoms with Gasteiger partial charge in [-0.05, 0) is 40.7 Å². The van der Waals surface area contributed by atoms with E-state index in [1.807, 2.05) is 18.2 Å². The molecule has 5 heteroatoms. The van der Waals surface area contributed by atoms with Crippen molar-refractivity contribution >= 4 is 17.5 Å². The minimum atomic E-state index is -0.385. The second-order valence-corrected chi connectivity index (χ2v) is 7.25. The Labute approximate surface area is 160 Å². The van der Waals surface area contributed by atoms with Crippen molar-refractivity contribution in [2.24, 2.45) is 0 Å². The Bertz CT molecular complexity index is 789. The number of benzene rings is 2. The molecule has 0 aliphatic rings. The maximum absolute atomic E-state index is 13.2. The van der Waals surface area contributed by atoms with Crippen LogP contribution in [0, 0.1) is 5.82 Å². The van der Waals surface area contributed by atoms with Crippen LogP contribution in [0.3, 0.4) is 0 Å². The molecule has 0 radical (unpaired) electrons. The highest BCUT2D eigenvalue weighted by Crippen LogP contribution is 2.32. The third-order valence-corrected chi connectivity index (χ3v) is 4.34. The van der Waals surface area contributed by atoms with Gasteiger partial charge in [0.25, 0.3) is 0 Å². The van der Waals surface area contributed by atoms with Gasteiger partial charge in [-0.1, -0.05) is 58.0 Å². The monoisotopic (exact) mass is 370 g/mol. The van der Waals surface area contributed by atoms with Crippen molar-refractivity contribution in [3.63, 3.8) is 0 Å². The van der Waals surface area contributed by atoms with Crippen LogP contribution >= 0.6 is 0 Å². The van der Waals surface area contributed by atoms with E-state index in [1.54, 1.807) is 12.1 Å². The van der Waals surface area contributed by atoms with Gasteiger partial charge < -0.3 is 10.6 Å². The maximum Gasteiger partial charge on any atom is 0.243 e. The number of amides is 2. The maximum atomic E-state index is 13.2. The molecule has 0 unspecified atom stereocenters. The van der Waals surface area contributed by atoms with E-state index in [1.165, 1.54) is 12.1 Å². The van der Waals surface area contributed by atoms with Crippen LogP contribution in [0.1, 0.15) is 56.2 Å². The van der Waals surface area contributed by atoms with E-state index in [0.29, 0.717) is 5.56 Å². The lowest BCUT2D eigenvalue weighted by Crippen LogP contribution is -2.34. The summed E-state index contributed by atoms with van der Waals surface area (Å²) >= 11 is 0. The zero-order valence-corrected chi connectivity index (χ0v) is 16.3. The number of nitrogens with one attached hydrogen (secondary N) is 2. The standard InChI is InChI=1S/C22H27FN2O2/c1-14(2)18-9-6-10-19(15(3)4)22(18)25-21(27)13-24-20(26)12-16-7-5-8-17(23)11-16/h5-11,14-15H,12-13H2,1-4H3,(H,24,26)(H,25,27). The van der Waals surface area contributed by atoms with Gasteiger partial charge in [0.05, 0.1) is 13.0 Å². The quantitative estimate of drug-likeness (QED) is 0.760. The highest BCUT2D eigenvalue weighted by molar-refractivity contribution is 5.96. The van der Waals surface area contributed by atoms with Gasteiger partial charge in [-0.15, -0.1) is 0 Å². The molecule has 27 heavy (non-hydrogen) atoms. The fourth-order valence-electron chi connectivity index (χ4n) is 2.95. The summed E-state index contributed by atoms with van der Waals surface area (Å²) in [7, 11) is 0. The predicted molar refractivity (Wildman–Crippen MR) is 106 cm³/mol. The molecule has 2 N–H and O–H groups in total. The van der Waals surface area contributed by atoms with Crippen LogP contribution < -0.4 is 10.6 Å². The Morgan fingerprint density at radius 3 is 2.07 bits per heavy atom. The Hall–Kier alpha value is -2.69. The van der Waals surface area contributed by atoms with Crippen LogP contribution in [0.5, 0.6) is 0 Å². The van der Waals surface area contributed by atoms with Gasteiger partial charge in [0.2, 0.25) is 11.8 Å². The van der Waals surface area contributed by atoms with Crippen molar-refractivity contribution in [2.75, 3.05) is 11.9 Å². The number of rotatable bonds is 7. The minimum absolute atomic E-state index is 0.0326. The molecule has 2 amide bonds. The highest BCUT2D eigenvalue weighted by Gasteiger charge is 2.16. The second kappa shape index (κ2) is 9.31. The Balaban J connectivity index is 2.00. The topological polar surface area (TPSA) is 58.2 Å². The molecule has 4 nitrogen and oxygen atoms in total. The lowest BCUT2D eigenvalue weighted by Gasteiger charge is -2.20. The van der Waals surface area contributed by atoms with Gasteiger partial charge in [0.15, 0.2) is 0 Å². The normalized spacial score (nSPS) is 10.9. The molecule has 144 valence electrons. The van der Waals surface area contributed by atoms with E-state index < -0.39 is 0 Å². The van der Waals surface area contributed by atoms with E-state index in [9.17, 15) is 14.0 Å². The molecule has 0 fully saturated rings. The summed E-state index contributed by atoms with van der Waals surface area (Å²) < 4.78 is 13.2. The van der Waals surface area contributed by atoms with Gasteiger partial charge in [-0.25, -0.2) is 4.39 Å². The Kier molecular flexibility index (Phi) is 7.11. The summed E-state index contributed by atoms with van der Waals surface area (Å²) in [5.74, 6) is -0.456. The van der Waals surface area contributed by atoms with Crippen molar-refractivity contribution in [3.05, 3.63) is 65.0 Å². The molecule has 0 aliphatic heterocycles. The second-order valence-electron chi connectivity index (χ2n) is 7.25. The first-order valence-electron chi connectivity index (χ1n) is 9.21. The van der Waals surface area contributed by atoms with Crippen LogP contribution in [-0.4, -0.2) is 18.4 Å². The van der Waals surface area contributed by atoms with Gasteiger partial charge in [0.1, 0.15) is 5.82 Å². The van der Waals surface area contributed by atoms with Crippen LogP contribution in [0.25, 0.3) is 0 Å². The summed E-state index contributed by atoms with van der Waals surface area (Å²) in [6.45, 7) is 8.19. The molecule has 0 saturated carbocycles. The van der Waals surface area contributed by atoms with Gasteiger partial charge in [-0.2, -0.15) is 0 Å². The smallest absolute Gasteiger partial charge is 0.243 e. The van der Waals surface area contributed by atoms with Gasteiger partial charge in [-0.3, -0.25) is 9.59 Å². The molecular weight excluding hydrogens is 343 g/mol. The first-order chi connectivity index (χ1) is 12.8. The lowest BCUT2D eigenvalue weighted by molar-refractivity contribution is -0.123. The fraction of sp³-hybridized carbons (Fsp3) is 0.364. The SMILES string of the molecule is CC(C)c1cccc(C(C)C)c1NC(=O)CNC(=O)Cc1cccc(F)c1. The molecular formula is C22H27FN2O2. The zero-order valence-electron chi connectivity index (χ0n) is 16.3. The number of carbonyl (C=O) groups is 2. The first kappa shape index (κ1) is 20.6. The molecule has 2 aromatic rings. The number of hydrogen-bond donors (Lipinski definition) is 2. The van der Waals surface area contributed by atoms with Crippen molar-refractivity contribution < 1.29 is 14.0 Å². The third-order valence-electron chi connectivity index (χ3n) is 4.34. The van der Waals surface area contributed by atoms with E-state index in [0.717, 1.165) is 16.8 Å². The van der Waals surface area contributed by atoms with Gasteiger partial charge >= 0.3 is 0 Å².